The van der Waals surface area contributed by atoms with E-state index in [0.29, 0.717) is 30.4 Å². The summed E-state index contributed by atoms with van der Waals surface area (Å²) in [6.45, 7) is 10.3. The molecule has 1 aliphatic carbocycles. The van der Waals surface area contributed by atoms with Gasteiger partial charge in [-0.15, -0.1) is 0 Å². The van der Waals surface area contributed by atoms with E-state index in [4.69, 9.17) is 32.7 Å². The Morgan fingerprint density at radius 3 is 2.34 bits per heavy atom. The second-order valence-corrected chi connectivity index (χ2v) is 10.9. The number of hydrogen-bond donors (Lipinski definition) is 2. The molecule has 3 unspecified atom stereocenters. The molecule has 3 atom stereocenters. The largest absolute Gasteiger partial charge is 0.486 e. The number of hydrogen-bond acceptors (Lipinski definition) is 5. The van der Waals surface area contributed by atoms with Crippen molar-refractivity contribution in [2.24, 2.45) is 5.92 Å². The maximum absolute atomic E-state index is 12.1. The van der Waals surface area contributed by atoms with Gasteiger partial charge in [0.05, 0.1) is 17.5 Å². The van der Waals surface area contributed by atoms with Gasteiger partial charge in [0.15, 0.2) is 0 Å². The van der Waals surface area contributed by atoms with Crippen LogP contribution in [-0.2, 0) is 22.4 Å². The molecule has 0 spiro atoms. The predicted molar refractivity (Wildman–Crippen MR) is 142 cm³/mol. The van der Waals surface area contributed by atoms with E-state index in [1.165, 1.54) is 11.1 Å². The lowest BCUT2D eigenvalue weighted by Gasteiger charge is -2.32. The summed E-state index contributed by atoms with van der Waals surface area (Å²) in [7, 11) is 0. The lowest BCUT2D eigenvalue weighted by Crippen LogP contribution is -2.48. The summed E-state index contributed by atoms with van der Waals surface area (Å²) < 4.78 is 11.0. The molecule has 3 rings (SSSR count). The number of aliphatic hydroxyl groups is 1. The average Bonchev–Trinajstić information content (AvgIpc) is 3.21. The van der Waals surface area contributed by atoms with Crippen molar-refractivity contribution in [1.82, 2.24) is 5.32 Å². The fraction of sp³-hybridized carbons (Fsp3) is 0.536. The van der Waals surface area contributed by atoms with Gasteiger partial charge in [-0.25, -0.2) is 0 Å². The zero-order valence-corrected chi connectivity index (χ0v) is 22.7. The number of rotatable bonds is 11. The molecule has 5 nitrogen and oxygen atoms in total. The van der Waals surface area contributed by atoms with Crippen LogP contribution in [0.4, 0.5) is 0 Å². The third kappa shape index (κ3) is 7.13. The van der Waals surface area contributed by atoms with Gasteiger partial charge in [-0.05, 0) is 82.6 Å². The van der Waals surface area contributed by atoms with E-state index in [-0.39, 0.29) is 21.6 Å². The number of ether oxygens (including phenoxy) is 2. The Morgan fingerprint density at radius 1 is 1.11 bits per heavy atom. The smallest absolute Gasteiger partial charge is 0.313 e. The second kappa shape index (κ2) is 12.0. The molecule has 1 aliphatic rings. The number of β-amino-alcohol motifs (C(OH)–C–C–N with tert-alkyl or cyclic N) is 1. The Bertz CT molecular complexity index is 1000. The molecular weight excluding hydrogens is 485 g/mol. The number of esters is 1. The molecular formula is C28H37Cl2NO4. The summed E-state index contributed by atoms with van der Waals surface area (Å²) in [6, 6.07) is 12.1. The highest BCUT2D eigenvalue weighted by Crippen LogP contribution is 2.39. The Balaban J connectivity index is 1.54. The third-order valence-corrected chi connectivity index (χ3v) is 7.64. The molecule has 0 saturated heterocycles. The van der Waals surface area contributed by atoms with Crippen molar-refractivity contribution >= 4 is 29.2 Å². The van der Waals surface area contributed by atoms with E-state index in [2.05, 4.69) is 43.4 Å². The van der Waals surface area contributed by atoms with Gasteiger partial charge < -0.3 is 19.9 Å². The number of carbonyl (C=O) groups excluding carboxylic acids is 1. The molecule has 0 aromatic heterocycles. The minimum atomic E-state index is -0.747. The number of carbonyl (C=O) groups is 1. The van der Waals surface area contributed by atoms with E-state index in [0.717, 1.165) is 19.3 Å². The monoisotopic (exact) mass is 521 g/mol. The van der Waals surface area contributed by atoms with Crippen LogP contribution in [0.1, 0.15) is 63.6 Å². The minimum Gasteiger partial charge on any atom is -0.486 e. The SMILES string of the molecule is CCOC(=O)C(C)c1ccc(OC(C)C(O)CNC(C)(C)CC2Cc3ccccc3C2)c(Cl)c1Cl. The molecule has 0 bridgehead atoms. The van der Waals surface area contributed by atoms with Crippen LogP contribution in [0.5, 0.6) is 5.75 Å². The lowest BCUT2D eigenvalue weighted by atomic mass is 9.88. The first kappa shape index (κ1) is 27.8. The number of halogens is 2. The summed E-state index contributed by atoms with van der Waals surface area (Å²) in [5.74, 6) is 0.0531. The summed E-state index contributed by atoms with van der Waals surface area (Å²) in [6.07, 6.45) is 1.96. The topological polar surface area (TPSA) is 67.8 Å². The Hall–Kier alpha value is -1.79. The zero-order valence-electron chi connectivity index (χ0n) is 21.2. The quantitative estimate of drug-likeness (QED) is 0.357. The molecule has 0 heterocycles. The van der Waals surface area contributed by atoms with Crippen LogP contribution in [-0.4, -0.2) is 42.0 Å². The molecule has 0 aliphatic heterocycles. The third-order valence-electron chi connectivity index (χ3n) is 6.76. The first-order valence-electron chi connectivity index (χ1n) is 12.3. The first-order chi connectivity index (χ1) is 16.5. The van der Waals surface area contributed by atoms with Crippen LogP contribution in [0.25, 0.3) is 0 Å². The van der Waals surface area contributed by atoms with Gasteiger partial charge >= 0.3 is 5.97 Å². The Morgan fingerprint density at radius 2 is 1.74 bits per heavy atom. The van der Waals surface area contributed by atoms with Gasteiger partial charge in [-0.1, -0.05) is 53.5 Å². The molecule has 0 amide bonds. The summed E-state index contributed by atoms with van der Waals surface area (Å²) >= 11 is 12.9. The predicted octanol–water partition coefficient (Wildman–Crippen LogP) is 5.96. The van der Waals surface area contributed by atoms with Crippen LogP contribution in [0.3, 0.4) is 0 Å². The lowest BCUT2D eigenvalue weighted by molar-refractivity contribution is -0.144. The molecule has 2 N–H and O–H groups in total. The minimum absolute atomic E-state index is 0.126. The highest BCUT2D eigenvalue weighted by atomic mass is 35.5. The maximum Gasteiger partial charge on any atom is 0.313 e. The van der Waals surface area contributed by atoms with Crippen molar-refractivity contribution in [1.29, 1.82) is 0 Å². The van der Waals surface area contributed by atoms with Gasteiger partial charge in [0, 0.05) is 12.1 Å². The number of fused-ring (bicyclic) bond motifs is 1. The second-order valence-electron chi connectivity index (χ2n) is 10.2. The fourth-order valence-corrected chi connectivity index (χ4v) is 5.32. The van der Waals surface area contributed by atoms with Gasteiger partial charge in [0.2, 0.25) is 0 Å². The molecule has 2 aromatic rings. The van der Waals surface area contributed by atoms with Crippen molar-refractivity contribution in [3.05, 3.63) is 63.1 Å². The fourth-order valence-electron chi connectivity index (χ4n) is 4.78. The molecule has 0 saturated carbocycles. The Labute approximate surface area is 219 Å². The van der Waals surface area contributed by atoms with Crippen molar-refractivity contribution in [2.45, 2.75) is 77.5 Å². The van der Waals surface area contributed by atoms with Gasteiger partial charge in [0.1, 0.15) is 23.0 Å². The number of benzene rings is 2. The molecule has 2 aromatic carbocycles. The number of nitrogens with one attached hydrogen (secondary N) is 1. The molecule has 35 heavy (non-hydrogen) atoms. The summed E-state index contributed by atoms with van der Waals surface area (Å²) in [5, 5.41) is 14.7. The van der Waals surface area contributed by atoms with Crippen LogP contribution < -0.4 is 10.1 Å². The van der Waals surface area contributed by atoms with Crippen LogP contribution in [0.15, 0.2) is 36.4 Å². The van der Waals surface area contributed by atoms with E-state index >= 15 is 0 Å². The van der Waals surface area contributed by atoms with Gasteiger partial charge in [-0.3, -0.25) is 4.79 Å². The summed E-state index contributed by atoms with van der Waals surface area (Å²) in [4.78, 5) is 12.1. The molecule has 7 heteroatoms. The molecule has 192 valence electrons. The van der Waals surface area contributed by atoms with E-state index in [1.807, 2.05) is 0 Å². The highest BCUT2D eigenvalue weighted by molar-refractivity contribution is 6.43. The standard InChI is InChI=1S/C28H37Cl2NO4/c1-6-34-27(33)17(2)22-11-12-24(26(30)25(22)29)35-18(3)23(32)16-31-28(4,5)15-19-13-20-9-7-8-10-21(20)14-19/h7-12,17-19,23,31-32H,6,13-16H2,1-5H3. The normalized spacial score (nSPS) is 16.5. The van der Waals surface area contributed by atoms with Gasteiger partial charge in [0.25, 0.3) is 0 Å². The Kier molecular flexibility index (Phi) is 9.50. The summed E-state index contributed by atoms with van der Waals surface area (Å²) in [5.41, 5.74) is 3.36. The maximum atomic E-state index is 12.1. The average molecular weight is 523 g/mol. The van der Waals surface area contributed by atoms with Crippen LogP contribution in [0.2, 0.25) is 10.0 Å². The van der Waals surface area contributed by atoms with Crippen LogP contribution in [0, 0.1) is 5.92 Å². The van der Waals surface area contributed by atoms with E-state index in [9.17, 15) is 9.90 Å². The van der Waals surface area contributed by atoms with E-state index < -0.39 is 18.1 Å². The van der Waals surface area contributed by atoms with Crippen molar-refractivity contribution in [3.63, 3.8) is 0 Å². The van der Waals surface area contributed by atoms with Crippen molar-refractivity contribution in [3.8, 4) is 5.75 Å². The number of aliphatic hydroxyl groups excluding tert-OH is 1. The van der Waals surface area contributed by atoms with E-state index in [1.54, 1.807) is 32.9 Å². The van der Waals surface area contributed by atoms with Gasteiger partial charge in [-0.2, -0.15) is 0 Å². The molecule has 0 radical (unpaired) electrons. The first-order valence-corrected chi connectivity index (χ1v) is 13.1. The zero-order chi connectivity index (χ0) is 25.8. The van der Waals surface area contributed by atoms with Crippen LogP contribution >= 0.6 is 23.2 Å². The van der Waals surface area contributed by atoms with Crippen molar-refractivity contribution in [2.75, 3.05) is 13.2 Å². The molecule has 0 fully saturated rings. The van der Waals surface area contributed by atoms with Crippen molar-refractivity contribution < 1.29 is 19.4 Å². The highest BCUT2D eigenvalue weighted by Gasteiger charge is 2.29.